The molecule has 27 heavy (non-hydrogen) atoms. The van der Waals surface area contributed by atoms with Crippen LogP contribution in [0.4, 0.5) is 0 Å². The van der Waals surface area contributed by atoms with Gasteiger partial charge in [-0.15, -0.1) is 0 Å². The van der Waals surface area contributed by atoms with E-state index in [1.807, 2.05) is 24.3 Å². The second kappa shape index (κ2) is 6.19. The summed E-state index contributed by atoms with van der Waals surface area (Å²) in [6.45, 7) is 4.53. The first-order chi connectivity index (χ1) is 12.9. The highest BCUT2D eigenvalue weighted by Gasteiger charge is 2.33. The van der Waals surface area contributed by atoms with Crippen molar-refractivity contribution in [2.24, 2.45) is 0 Å². The lowest BCUT2D eigenvalue weighted by Crippen LogP contribution is -2.49. The molecule has 0 atom stereocenters. The standard InChI is InChI=1S/C20H21N3O4/c1-11-14(8-17(27-3)19(26)18(11)25)20-21-15-6-4-5-7-16(15)23(20)13-9-22(10-13)12(2)24/h4-8,13,25-26H,9-10H2,1-3H3. The smallest absolute Gasteiger partial charge is 0.219 e. The second-order valence-corrected chi connectivity index (χ2v) is 6.82. The molecule has 0 saturated carbocycles. The average molecular weight is 367 g/mol. The number of amides is 1. The van der Waals surface area contributed by atoms with Crippen molar-refractivity contribution in [3.8, 4) is 28.6 Å². The number of fused-ring (bicyclic) bond motifs is 1. The molecule has 1 aliphatic rings. The Labute approximate surface area is 156 Å². The zero-order valence-electron chi connectivity index (χ0n) is 15.4. The fourth-order valence-corrected chi connectivity index (χ4v) is 3.60. The van der Waals surface area contributed by atoms with Crippen LogP contribution in [0.15, 0.2) is 30.3 Å². The highest BCUT2D eigenvalue weighted by Crippen LogP contribution is 2.44. The van der Waals surface area contributed by atoms with Crippen molar-refractivity contribution < 1.29 is 19.7 Å². The average Bonchev–Trinajstić information content (AvgIpc) is 2.98. The van der Waals surface area contributed by atoms with Gasteiger partial charge in [0.05, 0.1) is 24.2 Å². The summed E-state index contributed by atoms with van der Waals surface area (Å²) in [4.78, 5) is 18.2. The summed E-state index contributed by atoms with van der Waals surface area (Å²) in [7, 11) is 1.44. The summed E-state index contributed by atoms with van der Waals surface area (Å²) in [6, 6.07) is 9.58. The van der Waals surface area contributed by atoms with Crippen molar-refractivity contribution >= 4 is 16.9 Å². The third-order valence-electron chi connectivity index (χ3n) is 5.22. The van der Waals surface area contributed by atoms with Gasteiger partial charge in [-0.05, 0) is 25.1 Å². The van der Waals surface area contributed by atoms with Gasteiger partial charge in [-0.25, -0.2) is 4.98 Å². The largest absolute Gasteiger partial charge is 0.504 e. The third-order valence-corrected chi connectivity index (χ3v) is 5.22. The first-order valence-corrected chi connectivity index (χ1v) is 8.74. The number of phenols is 2. The first kappa shape index (κ1) is 17.2. The van der Waals surface area contributed by atoms with Crippen LogP contribution < -0.4 is 4.74 Å². The molecule has 0 radical (unpaired) electrons. The predicted octanol–water partition coefficient (Wildman–Crippen LogP) is 2.83. The van der Waals surface area contributed by atoms with Crippen molar-refractivity contribution in [3.05, 3.63) is 35.9 Å². The molecule has 2 N–H and O–H groups in total. The maximum absolute atomic E-state index is 11.6. The highest BCUT2D eigenvalue weighted by molar-refractivity contribution is 5.83. The molecule has 1 aliphatic heterocycles. The molecule has 140 valence electrons. The summed E-state index contributed by atoms with van der Waals surface area (Å²) < 4.78 is 7.31. The number of aromatic hydroxyl groups is 2. The molecule has 7 nitrogen and oxygen atoms in total. The summed E-state index contributed by atoms with van der Waals surface area (Å²) in [5, 5.41) is 20.4. The van der Waals surface area contributed by atoms with Gasteiger partial charge in [-0.3, -0.25) is 4.79 Å². The van der Waals surface area contributed by atoms with E-state index in [9.17, 15) is 15.0 Å². The number of nitrogens with zero attached hydrogens (tertiary/aromatic N) is 3. The van der Waals surface area contributed by atoms with Gasteiger partial charge in [0, 0.05) is 31.1 Å². The topological polar surface area (TPSA) is 87.8 Å². The molecule has 4 rings (SSSR count). The van der Waals surface area contributed by atoms with E-state index in [-0.39, 0.29) is 29.2 Å². The number of rotatable bonds is 3. The highest BCUT2D eigenvalue weighted by atomic mass is 16.5. The summed E-state index contributed by atoms with van der Waals surface area (Å²) in [5.41, 5.74) is 3.00. The van der Waals surface area contributed by atoms with Crippen LogP contribution in [-0.4, -0.2) is 50.8 Å². The zero-order chi connectivity index (χ0) is 19.3. The Hall–Kier alpha value is -3.22. The van der Waals surface area contributed by atoms with Gasteiger partial charge in [0.15, 0.2) is 11.5 Å². The second-order valence-electron chi connectivity index (χ2n) is 6.82. The molecule has 2 heterocycles. The number of imidazole rings is 1. The van der Waals surface area contributed by atoms with E-state index in [2.05, 4.69) is 4.57 Å². The van der Waals surface area contributed by atoms with Crippen LogP contribution in [0.25, 0.3) is 22.4 Å². The Kier molecular flexibility index (Phi) is 3.95. The number of carbonyl (C=O) groups excluding carboxylic acids is 1. The number of likely N-dealkylation sites (tertiary alicyclic amines) is 1. The number of phenolic OH excluding ortho intramolecular Hbond substituents is 2. The minimum Gasteiger partial charge on any atom is -0.504 e. The number of hydrogen-bond acceptors (Lipinski definition) is 5. The van der Waals surface area contributed by atoms with Gasteiger partial charge in [0.25, 0.3) is 0 Å². The van der Waals surface area contributed by atoms with Crippen LogP contribution in [-0.2, 0) is 4.79 Å². The molecule has 0 unspecified atom stereocenters. The Morgan fingerprint density at radius 2 is 1.93 bits per heavy atom. The van der Waals surface area contributed by atoms with Gasteiger partial charge in [0.1, 0.15) is 5.82 Å². The van der Waals surface area contributed by atoms with E-state index in [1.54, 1.807) is 24.8 Å². The molecule has 7 heteroatoms. The number of hydrogen-bond donors (Lipinski definition) is 2. The molecule has 0 bridgehead atoms. The number of methoxy groups -OCH3 is 1. The summed E-state index contributed by atoms with van der Waals surface area (Å²) in [5.74, 6) is 0.410. The van der Waals surface area contributed by atoms with Crippen molar-refractivity contribution in [3.63, 3.8) is 0 Å². The minimum atomic E-state index is -0.284. The minimum absolute atomic E-state index is 0.0531. The van der Waals surface area contributed by atoms with E-state index < -0.39 is 0 Å². The normalized spacial score (nSPS) is 14.4. The molecule has 1 aromatic heterocycles. The van der Waals surface area contributed by atoms with E-state index in [1.165, 1.54) is 7.11 Å². The van der Waals surface area contributed by atoms with E-state index in [0.29, 0.717) is 30.0 Å². The first-order valence-electron chi connectivity index (χ1n) is 8.74. The lowest BCUT2D eigenvalue weighted by atomic mass is 10.0. The molecule has 1 amide bonds. The number of aromatic nitrogens is 2. The van der Waals surface area contributed by atoms with E-state index in [4.69, 9.17) is 9.72 Å². The van der Waals surface area contributed by atoms with Crippen LogP contribution in [0.1, 0.15) is 18.5 Å². The molecule has 2 aromatic carbocycles. The van der Waals surface area contributed by atoms with Crippen LogP contribution in [0.5, 0.6) is 17.2 Å². The maximum atomic E-state index is 11.6. The fraction of sp³-hybridized carbons (Fsp3) is 0.300. The van der Waals surface area contributed by atoms with Crippen LogP contribution in [0.3, 0.4) is 0 Å². The summed E-state index contributed by atoms with van der Waals surface area (Å²) >= 11 is 0. The quantitative estimate of drug-likeness (QED) is 0.695. The Balaban J connectivity index is 1.92. The maximum Gasteiger partial charge on any atom is 0.219 e. The lowest BCUT2D eigenvalue weighted by Gasteiger charge is -2.40. The summed E-state index contributed by atoms with van der Waals surface area (Å²) in [6.07, 6.45) is 0. The molecular weight excluding hydrogens is 346 g/mol. The zero-order valence-corrected chi connectivity index (χ0v) is 15.4. The van der Waals surface area contributed by atoms with Crippen LogP contribution in [0.2, 0.25) is 0 Å². The number of ether oxygens (including phenoxy) is 1. The molecule has 1 saturated heterocycles. The van der Waals surface area contributed by atoms with Crippen molar-refractivity contribution in [2.45, 2.75) is 19.9 Å². The fourth-order valence-electron chi connectivity index (χ4n) is 3.60. The Bertz CT molecular complexity index is 1050. The lowest BCUT2D eigenvalue weighted by molar-refractivity contribution is -0.134. The molecule has 0 spiro atoms. The van der Waals surface area contributed by atoms with E-state index >= 15 is 0 Å². The predicted molar refractivity (Wildman–Crippen MR) is 101 cm³/mol. The number of para-hydroxylation sites is 2. The molecule has 1 fully saturated rings. The van der Waals surface area contributed by atoms with Crippen molar-refractivity contribution in [1.82, 2.24) is 14.5 Å². The molecule has 0 aliphatic carbocycles. The molecule has 3 aromatic rings. The number of benzene rings is 2. The SMILES string of the molecule is COc1cc(-c2nc3ccccc3n2C2CN(C(C)=O)C2)c(C)c(O)c1O. The van der Waals surface area contributed by atoms with Crippen LogP contribution >= 0.6 is 0 Å². The van der Waals surface area contributed by atoms with E-state index in [0.717, 1.165) is 11.0 Å². The van der Waals surface area contributed by atoms with Gasteiger partial charge in [-0.2, -0.15) is 0 Å². The molecular formula is C20H21N3O4. The van der Waals surface area contributed by atoms with Gasteiger partial charge < -0.3 is 24.4 Å². The third kappa shape index (κ3) is 2.58. The number of carbonyl (C=O) groups is 1. The monoisotopic (exact) mass is 367 g/mol. The van der Waals surface area contributed by atoms with Crippen molar-refractivity contribution in [1.29, 1.82) is 0 Å². The Morgan fingerprint density at radius 3 is 2.59 bits per heavy atom. The van der Waals surface area contributed by atoms with Gasteiger partial charge in [-0.1, -0.05) is 12.1 Å². The van der Waals surface area contributed by atoms with Crippen LogP contribution in [0, 0.1) is 6.92 Å². The van der Waals surface area contributed by atoms with Crippen molar-refractivity contribution in [2.75, 3.05) is 20.2 Å². The van der Waals surface area contributed by atoms with Gasteiger partial charge >= 0.3 is 0 Å². The Morgan fingerprint density at radius 1 is 1.22 bits per heavy atom. The van der Waals surface area contributed by atoms with Gasteiger partial charge in [0.2, 0.25) is 11.7 Å².